The number of allylic oxidation sites excluding steroid dienone is 1. The largest absolute Gasteiger partial charge is 0.106 e. The summed E-state index contributed by atoms with van der Waals surface area (Å²) in [6.07, 6.45) is 1.75. The van der Waals surface area contributed by atoms with E-state index in [0.29, 0.717) is 5.92 Å². The lowest BCUT2D eigenvalue weighted by molar-refractivity contribution is 0.867. The van der Waals surface area contributed by atoms with E-state index in [1.165, 1.54) is 5.56 Å². The van der Waals surface area contributed by atoms with Gasteiger partial charge in [0.1, 0.15) is 0 Å². The first kappa shape index (κ1) is 25.5. The Hall–Kier alpha value is -1.30. The van der Waals surface area contributed by atoms with Crippen molar-refractivity contribution >= 4 is 0 Å². The minimum Gasteiger partial charge on any atom is -0.106 e. The Morgan fingerprint density at radius 3 is 1.33 bits per heavy atom. The molecule has 0 heterocycles. The van der Waals surface area contributed by atoms with Crippen molar-refractivity contribution in [3.8, 4) is 0 Å². The smallest absolute Gasteiger partial charge is 0.0219 e. The molecule has 0 saturated heterocycles. The van der Waals surface area contributed by atoms with Gasteiger partial charge in [0.25, 0.3) is 0 Å². The molecule has 106 valence electrons. The predicted octanol–water partition coefficient (Wildman–Crippen LogP) is 6.86. The molecule has 1 aromatic carbocycles. The van der Waals surface area contributed by atoms with Gasteiger partial charge in [-0.2, -0.15) is 0 Å². The summed E-state index contributed by atoms with van der Waals surface area (Å²) in [7, 11) is 0. The Kier molecular flexibility index (Phi) is 42.0. The minimum atomic E-state index is 0.659. The molecule has 1 rings (SSSR count). The fraction of sp³-hybridized carbons (Fsp3) is 0.444. The molecule has 18 heavy (non-hydrogen) atoms. The van der Waals surface area contributed by atoms with Crippen molar-refractivity contribution in [3.05, 3.63) is 61.7 Å². The zero-order chi connectivity index (χ0) is 15.4. The molecule has 0 N–H and O–H groups in total. The van der Waals surface area contributed by atoms with Crippen molar-refractivity contribution in [1.82, 2.24) is 0 Å². The summed E-state index contributed by atoms with van der Waals surface area (Å²) in [5.74, 6) is 0.659. The van der Waals surface area contributed by atoms with E-state index in [0.717, 1.165) is 0 Å². The van der Waals surface area contributed by atoms with Gasteiger partial charge in [-0.05, 0) is 18.4 Å². The van der Waals surface area contributed by atoms with E-state index < -0.39 is 0 Å². The van der Waals surface area contributed by atoms with Gasteiger partial charge in [0, 0.05) is 0 Å². The quantitative estimate of drug-likeness (QED) is 0.478. The molecule has 1 aromatic rings. The molecular weight excluding hydrogens is 216 g/mol. The van der Waals surface area contributed by atoms with E-state index in [1.54, 1.807) is 6.08 Å². The maximum Gasteiger partial charge on any atom is -0.0219 e. The standard InChI is InChI=1S/C9H12.C3H6.2C2H6.C2H4/c1-8(2)9-6-4-3-5-7-9;1-3-2;3*1-2/h3-8H,1-2H3;3H,1H2,2H3;2*1-2H3;1-2H2. The molecule has 0 unspecified atom stereocenters. The lowest BCUT2D eigenvalue weighted by atomic mass is 10.0. The summed E-state index contributed by atoms with van der Waals surface area (Å²) < 4.78 is 0. The van der Waals surface area contributed by atoms with Crippen LogP contribution in [0, 0.1) is 0 Å². The van der Waals surface area contributed by atoms with Gasteiger partial charge in [0.05, 0.1) is 0 Å². The van der Waals surface area contributed by atoms with Crippen molar-refractivity contribution in [2.75, 3.05) is 0 Å². The van der Waals surface area contributed by atoms with Crippen LogP contribution in [0.15, 0.2) is 56.1 Å². The normalized spacial score (nSPS) is 6.67. The third-order valence-electron chi connectivity index (χ3n) is 1.47. The average molecular weight is 250 g/mol. The fourth-order valence-electron chi connectivity index (χ4n) is 0.838. The Morgan fingerprint density at radius 2 is 1.17 bits per heavy atom. The van der Waals surface area contributed by atoms with E-state index in [4.69, 9.17) is 0 Å². The zero-order valence-corrected chi connectivity index (χ0v) is 13.7. The van der Waals surface area contributed by atoms with E-state index in [9.17, 15) is 0 Å². The first-order valence-corrected chi connectivity index (χ1v) is 6.84. The lowest BCUT2D eigenvalue weighted by Crippen LogP contribution is -1.83. The van der Waals surface area contributed by atoms with Crippen molar-refractivity contribution in [3.63, 3.8) is 0 Å². The highest BCUT2D eigenvalue weighted by atomic mass is 14.0. The van der Waals surface area contributed by atoms with Crippen LogP contribution in [0.1, 0.15) is 59.9 Å². The zero-order valence-electron chi connectivity index (χ0n) is 13.7. The van der Waals surface area contributed by atoms with Crippen LogP contribution in [-0.2, 0) is 0 Å². The van der Waals surface area contributed by atoms with E-state index >= 15 is 0 Å². The van der Waals surface area contributed by atoms with Crippen LogP contribution < -0.4 is 0 Å². The highest BCUT2D eigenvalue weighted by Crippen LogP contribution is 2.11. The second kappa shape index (κ2) is 29.6. The Labute approximate surface area is 116 Å². The van der Waals surface area contributed by atoms with Gasteiger partial charge in [-0.15, -0.1) is 19.7 Å². The predicted molar refractivity (Wildman–Crippen MR) is 90.4 cm³/mol. The Bertz CT molecular complexity index is 209. The van der Waals surface area contributed by atoms with Gasteiger partial charge in [-0.25, -0.2) is 0 Å². The molecule has 0 spiro atoms. The molecule has 0 aromatic heterocycles. The van der Waals surface area contributed by atoms with Gasteiger partial charge < -0.3 is 0 Å². The molecular formula is C18H34. The molecule has 0 aliphatic heterocycles. The third-order valence-corrected chi connectivity index (χ3v) is 1.47. The van der Waals surface area contributed by atoms with E-state index in [2.05, 4.69) is 57.8 Å². The number of hydrogen-bond acceptors (Lipinski definition) is 0. The minimum absolute atomic E-state index is 0.659. The number of hydrogen-bond donors (Lipinski definition) is 0. The van der Waals surface area contributed by atoms with E-state index in [-0.39, 0.29) is 0 Å². The van der Waals surface area contributed by atoms with Crippen LogP contribution in [-0.4, -0.2) is 0 Å². The molecule has 0 radical (unpaired) electrons. The highest BCUT2D eigenvalue weighted by molar-refractivity contribution is 5.17. The number of rotatable bonds is 1. The monoisotopic (exact) mass is 250 g/mol. The van der Waals surface area contributed by atoms with Gasteiger partial charge in [-0.3, -0.25) is 0 Å². The summed E-state index contributed by atoms with van der Waals surface area (Å²) in [5.41, 5.74) is 1.41. The summed E-state index contributed by atoms with van der Waals surface area (Å²) in [6.45, 7) is 23.7. The van der Waals surface area contributed by atoms with Crippen LogP contribution in [0.25, 0.3) is 0 Å². The van der Waals surface area contributed by atoms with Crippen LogP contribution in [0.5, 0.6) is 0 Å². The Morgan fingerprint density at radius 1 is 0.889 bits per heavy atom. The summed E-state index contributed by atoms with van der Waals surface area (Å²) in [4.78, 5) is 0. The van der Waals surface area contributed by atoms with Crippen molar-refractivity contribution < 1.29 is 0 Å². The second-order valence-corrected chi connectivity index (χ2v) is 2.97. The van der Waals surface area contributed by atoms with Crippen LogP contribution >= 0.6 is 0 Å². The van der Waals surface area contributed by atoms with Gasteiger partial charge >= 0.3 is 0 Å². The maximum absolute atomic E-state index is 3.36. The lowest BCUT2D eigenvalue weighted by Gasteiger charge is -2.01. The summed E-state index contributed by atoms with van der Waals surface area (Å²) in [6, 6.07) is 10.5. The Balaban J connectivity index is -0.0000000925. The molecule has 0 bridgehead atoms. The second-order valence-electron chi connectivity index (χ2n) is 2.97. The molecule has 0 heteroatoms. The molecule has 0 nitrogen and oxygen atoms in total. The molecule has 0 aliphatic rings. The van der Waals surface area contributed by atoms with Gasteiger partial charge in [0.15, 0.2) is 0 Å². The SMILES string of the molecule is C=C.C=CC.CC.CC.CC(C)c1ccccc1. The third kappa shape index (κ3) is 24.1. The van der Waals surface area contributed by atoms with Crippen LogP contribution in [0.4, 0.5) is 0 Å². The van der Waals surface area contributed by atoms with Crippen LogP contribution in [0.3, 0.4) is 0 Å². The summed E-state index contributed by atoms with van der Waals surface area (Å²) >= 11 is 0. The number of benzene rings is 1. The van der Waals surface area contributed by atoms with Crippen LogP contribution in [0.2, 0.25) is 0 Å². The van der Waals surface area contributed by atoms with Crippen molar-refractivity contribution in [1.29, 1.82) is 0 Å². The van der Waals surface area contributed by atoms with Gasteiger partial charge in [0.2, 0.25) is 0 Å². The molecule has 0 fully saturated rings. The summed E-state index contributed by atoms with van der Waals surface area (Å²) in [5, 5.41) is 0. The fourth-order valence-corrected chi connectivity index (χ4v) is 0.838. The molecule has 0 atom stereocenters. The van der Waals surface area contributed by atoms with Crippen molar-refractivity contribution in [2.45, 2.75) is 54.4 Å². The maximum atomic E-state index is 3.36. The average Bonchev–Trinajstić information content (AvgIpc) is 2.47. The first-order valence-electron chi connectivity index (χ1n) is 6.84. The molecule has 0 amide bonds. The van der Waals surface area contributed by atoms with Crippen molar-refractivity contribution in [2.24, 2.45) is 0 Å². The molecule has 0 saturated carbocycles. The highest BCUT2D eigenvalue weighted by Gasteiger charge is 1.93. The molecule has 0 aliphatic carbocycles. The van der Waals surface area contributed by atoms with Gasteiger partial charge in [-0.1, -0.05) is 78.0 Å². The van der Waals surface area contributed by atoms with E-state index in [1.807, 2.05) is 40.7 Å². The first-order chi connectivity index (χ1) is 8.72. The topological polar surface area (TPSA) is 0 Å².